The van der Waals surface area contributed by atoms with Crippen molar-refractivity contribution in [3.63, 3.8) is 0 Å². The SMILES string of the molecule is CCCCOc1cc(C=O)cc(OCCCC)c1. The molecule has 0 fully saturated rings. The smallest absolute Gasteiger partial charge is 0.150 e. The lowest BCUT2D eigenvalue weighted by Gasteiger charge is -2.10. The summed E-state index contributed by atoms with van der Waals surface area (Å²) in [6, 6.07) is 5.34. The van der Waals surface area contributed by atoms with E-state index < -0.39 is 0 Å². The molecule has 0 bridgehead atoms. The van der Waals surface area contributed by atoms with Crippen molar-refractivity contribution < 1.29 is 14.3 Å². The first kappa shape index (κ1) is 14.6. The van der Waals surface area contributed by atoms with Crippen molar-refractivity contribution in [1.29, 1.82) is 0 Å². The van der Waals surface area contributed by atoms with Gasteiger partial charge in [-0.2, -0.15) is 0 Å². The number of unbranched alkanes of at least 4 members (excludes halogenated alkanes) is 2. The van der Waals surface area contributed by atoms with Crippen molar-refractivity contribution in [3.8, 4) is 11.5 Å². The largest absolute Gasteiger partial charge is 0.493 e. The predicted octanol–water partition coefficient (Wildman–Crippen LogP) is 3.86. The molecule has 3 nitrogen and oxygen atoms in total. The van der Waals surface area contributed by atoms with E-state index in [0.717, 1.165) is 32.0 Å². The monoisotopic (exact) mass is 250 g/mol. The third kappa shape index (κ3) is 5.21. The Labute approximate surface area is 109 Å². The molecular weight excluding hydrogens is 228 g/mol. The van der Waals surface area contributed by atoms with Crippen LogP contribution in [-0.4, -0.2) is 19.5 Å². The Balaban J connectivity index is 2.64. The van der Waals surface area contributed by atoms with Gasteiger partial charge in [-0.3, -0.25) is 4.79 Å². The molecule has 1 aromatic carbocycles. The molecule has 1 rings (SSSR count). The van der Waals surface area contributed by atoms with E-state index in [-0.39, 0.29) is 0 Å². The minimum absolute atomic E-state index is 0.593. The van der Waals surface area contributed by atoms with E-state index in [1.165, 1.54) is 0 Å². The average molecular weight is 250 g/mol. The molecule has 0 spiro atoms. The first-order chi connectivity index (χ1) is 8.80. The maximum Gasteiger partial charge on any atom is 0.150 e. The highest BCUT2D eigenvalue weighted by molar-refractivity contribution is 5.76. The quantitative estimate of drug-likeness (QED) is 0.493. The summed E-state index contributed by atoms with van der Waals surface area (Å²) in [5.41, 5.74) is 0.593. The van der Waals surface area contributed by atoms with E-state index in [9.17, 15) is 4.79 Å². The van der Waals surface area contributed by atoms with Gasteiger partial charge >= 0.3 is 0 Å². The third-order valence-electron chi connectivity index (χ3n) is 2.57. The minimum atomic E-state index is 0.593. The summed E-state index contributed by atoms with van der Waals surface area (Å²) in [7, 11) is 0. The van der Waals surface area contributed by atoms with Crippen LogP contribution in [0.3, 0.4) is 0 Å². The molecule has 0 unspecified atom stereocenters. The Bertz CT molecular complexity index is 333. The van der Waals surface area contributed by atoms with Crippen molar-refractivity contribution >= 4 is 6.29 Å². The summed E-state index contributed by atoms with van der Waals surface area (Å²) < 4.78 is 11.2. The Morgan fingerprint density at radius 3 is 1.83 bits per heavy atom. The van der Waals surface area contributed by atoms with Crippen molar-refractivity contribution in [2.24, 2.45) is 0 Å². The van der Waals surface area contributed by atoms with Crippen LogP contribution in [0.5, 0.6) is 11.5 Å². The Morgan fingerprint density at radius 1 is 0.944 bits per heavy atom. The molecule has 0 saturated carbocycles. The lowest BCUT2D eigenvalue weighted by atomic mass is 10.2. The normalized spacial score (nSPS) is 10.1. The van der Waals surface area contributed by atoms with Crippen molar-refractivity contribution in [1.82, 2.24) is 0 Å². The minimum Gasteiger partial charge on any atom is -0.493 e. The Kier molecular flexibility index (Phi) is 6.92. The highest BCUT2D eigenvalue weighted by Gasteiger charge is 2.02. The van der Waals surface area contributed by atoms with E-state index in [1.54, 1.807) is 12.1 Å². The number of hydrogen-bond acceptors (Lipinski definition) is 3. The zero-order chi connectivity index (χ0) is 13.2. The lowest BCUT2D eigenvalue weighted by molar-refractivity contribution is 0.112. The molecule has 0 aliphatic carbocycles. The Morgan fingerprint density at radius 2 is 1.44 bits per heavy atom. The molecule has 0 atom stereocenters. The van der Waals surface area contributed by atoms with Gasteiger partial charge in [0.25, 0.3) is 0 Å². The van der Waals surface area contributed by atoms with Crippen LogP contribution < -0.4 is 9.47 Å². The summed E-state index contributed by atoms with van der Waals surface area (Å²) in [5, 5.41) is 0. The van der Waals surface area contributed by atoms with Gasteiger partial charge in [-0.15, -0.1) is 0 Å². The lowest BCUT2D eigenvalue weighted by Crippen LogP contribution is -2.00. The maximum atomic E-state index is 10.9. The fourth-order valence-corrected chi connectivity index (χ4v) is 1.50. The first-order valence-electron chi connectivity index (χ1n) is 6.66. The molecule has 0 saturated heterocycles. The van der Waals surface area contributed by atoms with Crippen LogP contribution in [0, 0.1) is 0 Å². The summed E-state index contributed by atoms with van der Waals surface area (Å²) in [5.74, 6) is 1.42. The molecule has 18 heavy (non-hydrogen) atoms. The number of hydrogen-bond donors (Lipinski definition) is 0. The van der Waals surface area contributed by atoms with Crippen LogP contribution in [0.4, 0.5) is 0 Å². The zero-order valence-electron chi connectivity index (χ0n) is 11.3. The summed E-state index contributed by atoms with van der Waals surface area (Å²) in [6.45, 7) is 5.58. The molecule has 0 amide bonds. The molecule has 0 aliphatic rings. The van der Waals surface area contributed by atoms with E-state index >= 15 is 0 Å². The molecule has 0 aliphatic heterocycles. The average Bonchev–Trinajstić information content (AvgIpc) is 2.39. The second-order valence-corrected chi connectivity index (χ2v) is 4.26. The van der Waals surface area contributed by atoms with Gasteiger partial charge in [0.2, 0.25) is 0 Å². The summed E-state index contributed by atoms with van der Waals surface area (Å²) >= 11 is 0. The van der Waals surface area contributed by atoms with Gasteiger partial charge in [-0.05, 0) is 25.0 Å². The summed E-state index contributed by atoms with van der Waals surface area (Å²) in [6.07, 6.45) is 5.02. The molecule has 3 heteroatoms. The molecule has 0 radical (unpaired) electrons. The van der Waals surface area contributed by atoms with E-state index in [2.05, 4.69) is 13.8 Å². The topological polar surface area (TPSA) is 35.5 Å². The van der Waals surface area contributed by atoms with Gasteiger partial charge in [0.05, 0.1) is 13.2 Å². The van der Waals surface area contributed by atoms with Crippen molar-refractivity contribution in [2.45, 2.75) is 39.5 Å². The number of ether oxygens (including phenoxy) is 2. The fraction of sp³-hybridized carbons (Fsp3) is 0.533. The van der Waals surface area contributed by atoms with Crippen molar-refractivity contribution in [3.05, 3.63) is 23.8 Å². The predicted molar refractivity (Wildman–Crippen MR) is 72.6 cm³/mol. The second kappa shape index (κ2) is 8.56. The van der Waals surface area contributed by atoms with Crippen LogP contribution in [-0.2, 0) is 0 Å². The van der Waals surface area contributed by atoms with E-state index in [4.69, 9.17) is 9.47 Å². The zero-order valence-corrected chi connectivity index (χ0v) is 11.3. The second-order valence-electron chi connectivity index (χ2n) is 4.26. The highest BCUT2D eigenvalue weighted by atomic mass is 16.5. The van der Waals surface area contributed by atoms with Crippen molar-refractivity contribution in [2.75, 3.05) is 13.2 Å². The first-order valence-corrected chi connectivity index (χ1v) is 6.66. The number of aldehydes is 1. The van der Waals surface area contributed by atoms with Gasteiger partial charge < -0.3 is 9.47 Å². The van der Waals surface area contributed by atoms with Crippen LogP contribution in [0.15, 0.2) is 18.2 Å². The van der Waals surface area contributed by atoms with Gasteiger partial charge in [0.15, 0.2) is 0 Å². The third-order valence-corrected chi connectivity index (χ3v) is 2.57. The fourth-order valence-electron chi connectivity index (χ4n) is 1.50. The standard InChI is InChI=1S/C15H22O3/c1-3-5-7-17-14-9-13(12-16)10-15(11-14)18-8-6-4-2/h9-12H,3-8H2,1-2H3. The van der Waals surface area contributed by atoms with E-state index in [1.807, 2.05) is 6.07 Å². The van der Waals surface area contributed by atoms with Crippen LogP contribution in [0.25, 0.3) is 0 Å². The molecule has 100 valence electrons. The number of carbonyl (C=O) groups excluding carboxylic acids is 1. The molecule has 0 aromatic heterocycles. The maximum absolute atomic E-state index is 10.9. The number of rotatable bonds is 9. The number of carbonyl (C=O) groups is 1. The van der Waals surface area contributed by atoms with Crippen LogP contribution >= 0.6 is 0 Å². The highest BCUT2D eigenvalue weighted by Crippen LogP contribution is 2.22. The molecule has 0 N–H and O–H groups in total. The number of benzene rings is 1. The van der Waals surface area contributed by atoms with Gasteiger partial charge in [0.1, 0.15) is 17.8 Å². The van der Waals surface area contributed by atoms with E-state index in [0.29, 0.717) is 30.3 Å². The molecule has 1 aromatic rings. The Hall–Kier alpha value is -1.51. The van der Waals surface area contributed by atoms with Crippen LogP contribution in [0.2, 0.25) is 0 Å². The molecular formula is C15H22O3. The van der Waals surface area contributed by atoms with Gasteiger partial charge in [0, 0.05) is 11.6 Å². The van der Waals surface area contributed by atoms with Crippen LogP contribution in [0.1, 0.15) is 49.9 Å². The summed E-state index contributed by atoms with van der Waals surface area (Å²) in [4.78, 5) is 10.9. The van der Waals surface area contributed by atoms with Gasteiger partial charge in [-0.25, -0.2) is 0 Å². The van der Waals surface area contributed by atoms with Gasteiger partial charge in [-0.1, -0.05) is 26.7 Å². The molecule has 0 heterocycles.